The smallest absolute Gasteiger partial charge is 0.305 e. The number of nitrogens with one attached hydrogen (secondary N) is 2. The van der Waals surface area contributed by atoms with Gasteiger partial charge in [-0.25, -0.2) is 9.97 Å². The average Bonchev–Trinajstić information content (AvgIpc) is 3.75. The molecule has 0 saturated heterocycles. The molecule has 8 nitrogen and oxygen atoms in total. The molecular formula is C36H38N4O4. The third-order valence-electron chi connectivity index (χ3n) is 8.11. The minimum absolute atomic E-state index is 0.0132. The number of ether oxygens (including phenoxy) is 2. The van der Waals surface area contributed by atoms with Crippen LogP contribution in [0.2, 0.25) is 0 Å². The van der Waals surface area contributed by atoms with Crippen LogP contribution in [0.25, 0.3) is 56.5 Å². The lowest BCUT2D eigenvalue weighted by Crippen LogP contribution is -2.01. The van der Waals surface area contributed by atoms with Gasteiger partial charge < -0.3 is 19.4 Å². The lowest BCUT2D eigenvalue weighted by Gasteiger charge is -2.06. The molecule has 226 valence electrons. The summed E-state index contributed by atoms with van der Waals surface area (Å²) in [5.74, 6) is -0.950. The lowest BCUT2D eigenvalue weighted by atomic mass is 9.98. The van der Waals surface area contributed by atoms with Crippen LogP contribution in [0.4, 0.5) is 0 Å². The van der Waals surface area contributed by atoms with Crippen LogP contribution in [0, 0.1) is 13.8 Å². The lowest BCUT2D eigenvalue weighted by molar-refractivity contribution is -0.141. The summed E-state index contributed by atoms with van der Waals surface area (Å²) < 4.78 is 60.6. The van der Waals surface area contributed by atoms with Gasteiger partial charge in [0.25, 0.3) is 0 Å². The average molecular weight is 597 g/mol. The number of rotatable bonds is 8. The summed E-state index contributed by atoms with van der Waals surface area (Å²) in [4.78, 5) is 40.9. The highest BCUT2D eigenvalue weighted by molar-refractivity contribution is 5.97. The zero-order valence-electron chi connectivity index (χ0n) is 31.2. The first-order chi connectivity index (χ1) is 23.5. The Balaban J connectivity index is 2.01. The molecule has 2 aliphatic heterocycles. The first kappa shape index (κ1) is 23.5. The normalized spacial score (nSPS) is 15.5. The zero-order valence-corrected chi connectivity index (χ0v) is 25.2. The molecule has 44 heavy (non-hydrogen) atoms. The van der Waals surface area contributed by atoms with E-state index >= 15 is 0 Å². The molecule has 0 spiro atoms. The number of nitrogens with zero attached hydrogens (tertiary/aromatic N) is 2. The van der Waals surface area contributed by atoms with Crippen molar-refractivity contribution in [2.24, 2.45) is 0 Å². The highest BCUT2D eigenvalue weighted by atomic mass is 16.5. The Morgan fingerprint density at radius 2 is 1.23 bits per heavy atom. The molecular weight excluding hydrogens is 552 g/mol. The van der Waals surface area contributed by atoms with E-state index in [1.54, 1.807) is 30.3 Å². The van der Waals surface area contributed by atoms with Gasteiger partial charge in [-0.05, 0) is 98.1 Å². The van der Waals surface area contributed by atoms with Crippen LogP contribution in [0.5, 0.6) is 0 Å². The minimum Gasteiger partial charge on any atom is -0.469 e. The van der Waals surface area contributed by atoms with Gasteiger partial charge in [-0.1, -0.05) is 25.3 Å². The van der Waals surface area contributed by atoms with E-state index in [1.807, 2.05) is 13.8 Å². The number of fused-ring (bicyclic) bond motifs is 8. The summed E-state index contributed by atoms with van der Waals surface area (Å²) in [6.45, 7) is 6.45. The molecule has 8 heteroatoms. The molecule has 0 aliphatic carbocycles. The zero-order chi connectivity index (χ0) is 36.7. The first-order valence-electron chi connectivity index (χ1n) is 17.1. The van der Waals surface area contributed by atoms with Crippen molar-refractivity contribution in [3.63, 3.8) is 0 Å². The van der Waals surface area contributed by atoms with Gasteiger partial charge in [0.15, 0.2) is 0 Å². The van der Waals surface area contributed by atoms with E-state index in [4.69, 9.17) is 27.7 Å². The summed E-state index contributed by atoms with van der Waals surface area (Å²) in [6.07, 6.45) is 3.34. The van der Waals surface area contributed by atoms with Gasteiger partial charge in [0, 0.05) is 54.3 Å². The number of hydrogen-bond donors (Lipinski definition) is 2. The number of esters is 2. The molecule has 8 bridgehead atoms. The van der Waals surface area contributed by atoms with Crippen LogP contribution in [0.3, 0.4) is 0 Å². The fourth-order valence-corrected chi connectivity index (χ4v) is 5.58. The van der Waals surface area contributed by atoms with Gasteiger partial charge in [-0.15, -0.1) is 0 Å². The number of allylic oxidation sites excluding steroid dienone is 4. The molecule has 3 aromatic heterocycles. The number of carbonyl (C=O) groups excluding carboxylic acids is 2. The van der Waals surface area contributed by atoms with Crippen LogP contribution in [-0.4, -0.2) is 46.1 Å². The maximum atomic E-state index is 12.3. The standard InChI is InChI=1S/C36H38N4O4/c1-9-23-19(3)27-15-28-21(5)25(11-13-35(41)43-7)33(39-28)18-34-26(12-14-36(42)44-8)22(6)30(40-34)17-32-24(10-2)20(4)29(38-32)16-31(23)37-27/h9-10,15-18,37-38H,1-2,11-14H2,3-8H3/i3D3,6D3. The molecule has 0 radical (unpaired) electrons. The van der Waals surface area contributed by atoms with E-state index in [-0.39, 0.29) is 48.2 Å². The van der Waals surface area contributed by atoms with E-state index in [1.165, 1.54) is 20.3 Å². The predicted molar refractivity (Wildman–Crippen MR) is 178 cm³/mol. The Labute approximate surface area is 265 Å². The quantitative estimate of drug-likeness (QED) is 0.255. The summed E-state index contributed by atoms with van der Waals surface area (Å²) in [5, 5.41) is 0. The molecule has 3 aromatic rings. The number of aryl methyl sites for hydroxylation is 2. The molecule has 2 aliphatic rings. The van der Waals surface area contributed by atoms with Crippen LogP contribution >= 0.6 is 0 Å². The minimum atomic E-state index is -2.61. The molecule has 0 fully saturated rings. The Bertz CT molecular complexity index is 2170. The second-order valence-electron chi connectivity index (χ2n) is 10.6. The highest BCUT2D eigenvalue weighted by Gasteiger charge is 2.23. The van der Waals surface area contributed by atoms with E-state index in [2.05, 4.69) is 23.1 Å². The second-order valence-corrected chi connectivity index (χ2v) is 10.6. The largest absolute Gasteiger partial charge is 0.469 e. The summed E-state index contributed by atoms with van der Waals surface area (Å²) >= 11 is 0. The summed E-state index contributed by atoms with van der Waals surface area (Å²) in [5.41, 5.74) is 6.88. The topological polar surface area (TPSA) is 110 Å². The Kier molecular flexibility index (Phi) is 6.58. The predicted octanol–water partition coefficient (Wildman–Crippen LogP) is 7.99. The fourth-order valence-electron chi connectivity index (χ4n) is 5.58. The van der Waals surface area contributed by atoms with Crippen molar-refractivity contribution in [2.45, 2.75) is 53.2 Å². The number of aromatic nitrogens is 4. The Morgan fingerprint density at radius 3 is 1.77 bits per heavy atom. The summed E-state index contributed by atoms with van der Waals surface area (Å²) in [7, 11) is 2.56. The van der Waals surface area contributed by atoms with E-state index in [0.29, 0.717) is 61.3 Å². The van der Waals surface area contributed by atoms with Crippen molar-refractivity contribution in [1.29, 1.82) is 0 Å². The van der Waals surface area contributed by atoms with Crippen molar-refractivity contribution >= 4 is 68.4 Å². The van der Waals surface area contributed by atoms with Crippen LogP contribution in [0.1, 0.15) is 92.7 Å². The second kappa shape index (κ2) is 12.3. The van der Waals surface area contributed by atoms with Gasteiger partial charge in [0.1, 0.15) is 0 Å². The van der Waals surface area contributed by atoms with E-state index in [0.717, 1.165) is 5.56 Å². The summed E-state index contributed by atoms with van der Waals surface area (Å²) in [6, 6.07) is 6.71. The van der Waals surface area contributed by atoms with E-state index in [9.17, 15) is 9.59 Å². The third-order valence-corrected chi connectivity index (χ3v) is 8.11. The van der Waals surface area contributed by atoms with Crippen LogP contribution in [0.15, 0.2) is 37.4 Å². The van der Waals surface area contributed by atoms with Crippen molar-refractivity contribution in [2.75, 3.05) is 14.2 Å². The van der Waals surface area contributed by atoms with E-state index < -0.39 is 25.6 Å². The van der Waals surface area contributed by atoms with Gasteiger partial charge in [-0.2, -0.15) is 0 Å². The monoisotopic (exact) mass is 596 g/mol. The third kappa shape index (κ3) is 5.55. The van der Waals surface area contributed by atoms with Gasteiger partial charge in [0.05, 0.1) is 37.0 Å². The van der Waals surface area contributed by atoms with Gasteiger partial charge in [0.2, 0.25) is 0 Å². The molecule has 5 heterocycles. The fraction of sp³-hybridized carbons (Fsp3) is 0.278. The van der Waals surface area contributed by atoms with Crippen molar-refractivity contribution < 1.29 is 27.3 Å². The van der Waals surface area contributed by atoms with Gasteiger partial charge >= 0.3 is 11.9 Å². The Hall–Kier alpha value is -4.98. The van der Waals surface area contributed by atoms with Crippen LogP contribution < -0.4 is 0 Å². The maximum absolute atomic E-state index is 12.3. The number of aromatic amines is 2. The van der Waals surface area contributed by atoms with Crippen LogP contribution in [-0.2, 0) is 19.1 Å². The molecule has 0 saturated carbocycles. The molecule has 0 atom stereocenters. The van der Waals surface area contributed by atoms with Gasteiger partial charge in [-0.3, -0.25) is 9.59 Å². The van der Waals surface area contributed by atoms with Crippen molar-refractivity contribution in [3.05, 3.63) is 82.5 Å². The number of methoxy groups -OCH3 is 2. The number of H-pyrrole nitrogens is 2. The molecule has 2 N–H and O–H groups in total. The number of carbonyl (C=O) groups is 2. The maximum Gasteiger partial charge on any atom is 0.305 e. The molecule has 0 amide bonds. The first-order valence-corrected chi connectivity index (χ1v) is 14.1. The Morgan fingerprint density at radius 1 is 0.727 bits per heavy atom. The molecule has 0 unspecified atom stereocenters. The molecule has 0 aromatic carbocycles. The van der Waals surface area contributed by atoms with Crippen molar-refractivity contribution in [3.8, 4) is 0 Å². The molecule has 5 rings (SSSR count). The highest BCUT2D eigenvalue weighted by Crippen LogP contribution is 2.38. The number of hydrogen-bond acceptors (Lipinski definition) is 6. The van der Waals surface area contributed by atoms with Crippen molar-refractivity contribution in [1.82, 2.24) is 19.9 Å². The SMILES string of the molecule is [2H]C([2H])([2H])C1=C(CCC(=O)OC)c2cc3nc(cc4[nH]c(cc5[nH]c(cc1n2)c(C=C)c5C)c(C=C)c4C([2H])([2H])[2H])C(C)=C3CCC(=O)OC.